The molecule has 0 heterocycles. The molecule has 0 saturated heterocycles. The van der Waals surface area contributed by atoms with Gasteiger partial charge in [0.05, 0.1) is 5.69 Å². The fourth-order valence-electron chi connectivity index (χ4n) is 1.26. The van der Waals surface area contributed by atoms with Crippen molar-refractivity contribution in [1.29, 1.82) is 15.8 Å². The molecule has 1 aromatic rings. The van der Waals surface area contributed by atoms with Crippen LogP contribution in [0.5, 0.6) is 5.75 Å². The zero-order valence-electron chi connectivity index (χ0n) is 10.1. The summed E-state index contributed by atoms with van der Waals surface area (Å²) in [6.07, 6.45) is 1.59. The largest absolute Gasteiger partial charge is 0.487 e. The van der Waals surface area contributed by atoms with E-state index in [4.69, 9.17) is 20.5 Å². The Balaban J connectivity index is 3.10. The van der Waals surface area contributed by atoms with Gasteiger partial charge in [0, 0.05) is 0 Å². The van der Waals surface area contributed by atoms with E-state index in [0.29, 0.717) is 18.0 Å². The second-order valence-electron chi connectivity index (χ2n) is 3.31. The van der Waals surface area contributed by atoms with E-state index in [1.807, 2.05) is 0 Å². The molecule has 1 N–H and O–H groups in total. The molecule has 1 aromatic carbocycles. The lowest BCUT2D eigenvalue weighted by Gasteiger charge is -2.11. The van der Waals surface area contributed by atoms with E-state index >= 15 is 0 Å². The maximum absolute atomic E-state index is 8.96. The quantitative estimate of drug-likeness (QED) is 0.640. The highest BCUT2D eigenvalue weighted by atomic mass is 16.5. The molecule has 0 aliphatic heterocycles. The Labute approximate surface area is 111 Å². The maximum atomic E-state index is 8.96. The van der Waals surface area contributed by atoms with E-state index in [0.717, 1.165) is 0 Å². The number of hydrogen-bond donors (Lipinski definition) is 1. The Morgan fingerprint density at radius 2 is 1.89 bits per heavy atom. The van der Waals surface area contributed by atoms with E-state index in [-0.39, 0.29) is 11.3 Å². The van der Waals surface area contributed by atoms with Gasteiger partial charge in [-0.25, -0.2) is 0 Å². The zero-order valence-corrected chi connectivity index (χ0v) is 10.1. The molecule has 0 unspecified atom stereocenters. The average Bonchev–Trinajstić information content (AvgIpc) is 2.46. The first-order chi connectivity index (χ1) is 9.26. The van der Waals surface area contributed by atoms with Gasteiger partial charge in [-0.3, -0.25) is 0 Å². The summed E-state index contributed by atoms with van der Waals surface area (Å²) in [6, 6.07) is 12.0. The number of para-hydroxylation sites is 2. The molecule has 0 aliphatic carbocycles. The first-order valence-corrected chi connectivity index (χ1v) is 5.31. The number of ether oxygens (including phenoxy) is 1. The van der Waals surface area contributed by atoms with Crippen LogP contribution in [-0.2, 0) is 0 Å². The molecule has 0 radical (unpaired) electrons. The molecule has 0 fully saturated rings. The summed E-state index contributed by atoms with van der Waals surface area (Å²) < 4.78 is 5.40. The Hall–Kier alpha value is -3.23. The minimum Gasteiger partial charge on any atom is -0.487 e. The van der Waals surface area contributed by atoms with Crippen molar-refractivity contribution in [1.82, 2.24) is 0 Å². The van der Waals surface area contributed by atoms with Crippen LogP contribution in [0.1, 0.15) is 0 Å². The third-order valence-electron chi connectivity index (χ3n) is 2.09. The Bertz CT molecular complexity index is 610. The van der Waals surface area contributed by atoms with E-state index in [2.05, 4.69) is 11.9 Å². The van der Waals surface area contributed by atoms with Gasteiger partial charge in [-0.05, 0) is 12.1 Å². The zero-order chi connectivity index (χ0) is 14.1. The van der Waals surface area contributed by atoms with Gasteiger partial charge >= 0.3 is 0 Å². The third-order valence-corrected chi connectivity index (χ3v) is 2.09. The van der Waals surface area contributed by atoms with Crippen LogP contribution in [0.2, 0.25) is 0 Å². The van der Waals surface area contributed by atoms with Crippen LogP contribution in [0.25, 0.3) is 0 Å². The number of nitriles is 3. The number of allylic oxidation sites excluding steroid dienone is 2. The minimum absolute atomic E-state index is 0.111. The van der Waals surface area contributed by atoms with Crippen molar-refractivity contribution in [2.24, 2.45) is 0 Å². The van der Waals surface area contributed by atoms with Crippen molar-refractivity contribution in [2.45, 2.75) is 0 Å². The summed E-state index contributed by atoms with van der Waals surface area (Å²) in [4.78, 5) is 0. The first kappa shape index (κ1) is 13.8. The monoisotopic (exact) mass is 250 g/mol. The number of hydrogen-bond acceptors (Lipinski definition) is 5. The molecule has 1 rings (SSSR count). The summed E-state index contributed by atoms with van der Waals surface area (Å²) in [6.45, 7) is 3.86. The van der Waals surface area contributed by atoms with Crippen LogP contribution in [0.15, 0.2) is 48.2 Å². The molecule has 0 aliphatic rings. The van der Waals surface area contributed by atoms with Gasteiger partial charge in [0.25, 0.3) is 0 Å². The summed E-state index contributed by atoms with van der Waals surface area (Å²) in [7, 11) is 0. The van der Waals surface area contributed by atoms with Crippen molar-refractivity contribution >= 4 is 5.69 Å². The lowest BCUT2D eigenvalue weighted by Crippen LogP contribution is -2.03. The van der Waals surface area contributed by atoms with Crippen molar-refractivity contribution < 1.29 is 4.74 Å². The van der Waals surface area contributed by atoms with Gasteiger partial charge in [0.2, 0.25) is 0 Å². The van der Waals surface area contributed by atoms with E-state index in [1.54, 1.807) is 48.5 Å². The number of nitrogens with one attached hydrogen (secondary N) is 1. The van der Waals surface area contributed by atoms with Gasteiger partial charge in [-0.1, -0.05) is 24.8 Å². The van der Waals surface area contributed by atoms with Crippen LogP contribution in [0.3, 0.4) is 0 Å². The number of anilines is 1. The lowest BCUT2D eigenvalue weighted by molar-refractivity contribution is 0.365. The van der Waals surface area contributed by atoms with Crippen molar-refractivity contribution in [3.8, 4) is 24.0 Å². The summed E-state index contributed by atoms with van der Waals surface area (Å²) >= 11 is 0. The number of benzene rings is 1. The second kappa shape index (κ2) is 7.17. The molecule has 0 saturated carbocycles. The predicted octanol–water partition coefficient (Wildman–Crippen LogP) is 2.49. The number of nitrogens with zero attached hydrogens (tertiary/aromatic N) is 3. The van der Waals surface area contributed by atoms with E-state index in [1.165, 1.54) is 0 Å². The molecular formula is C14H10N4O. The minimum atomic E-state index is -0.277. The summed E-state index contributed by atoms with van der Waals surface area (Å²) in [5, 5.41) is 29.2. The summed E-state index contributed by atoms with van der Waals surface area (Å²) in [5.41, 5.74) is 0.115. The van der Waals surface area contributed by atoms with Crippen LogP contribution in [0, 0.1) is 34.0 Å². The molecule has 5 nitrogen and oxygen atoms in total. The molecule has 0 aromatic heterocycles. The summed E-state index contributed by atoms with van der Waals surface area (Å²) in [5.74, 6) is 0.505. The van der Waals surface area contributed by atoms with Gasteiger partial charge in [-0.2, -0.15) is 15.8 Å². The number of rotatable bonds is 5. The second-order valence-corrected chi connectivity index (χ2v) is 3.31. The van der Waals surface area contributed by atoms with Crippen molar-refractivity contribution in [3.05, 3.63) is 48.2 Å². The van der Waals surface area contributed by atoms with E-state index in [9.17, 15) is 0 Å². The molecule has 92 valence electrons. The fourth-order valence-corrected chi connectivity index (χ4v) is 1.26. The molecule has 0 spiro atoms. The first-order valence-electron chi connectivity index (χ1n) is 5.31. The topological polar surface area (TPSA) is 92.6 Å². The van der Waals surface area contributed by atoms with Crippen molar-refractivity contribution in [2.75, 3.05) is 11.9 Å². The molecule has 19 heavy (non-hydrogen) atoms. The van der Waals surface area contributed by atoms with Gasteiger partial charge in [-0.15, -0.1) is 0 Å². The Kier molecular flexibility index (Phi) is 5.22. The van der Waals surface area contributed by atoms with Crippen LogP contribution < -0.4 is 10.1 Å². The Morgan fingerprint density at radius 3 is 2.47 bits per heavy atom. The smallest absolute Gasteiger partial charge is 0.163 e. The highest BCUT2D eigenvalue weighted by Gasteiger charge is 2.09. The highest BCUT2D eigenvalue weighted by Crippen LogP contribution is 2.25. The molecule has 0 atom stereocenters. The van der Waals surface area contributed by atoms with Crippen molar-refractivity contribution in [3.63, 3.8) is 0 Å². The van der Waals surface area contributed by atoms with Gasteiger partial charge < -0.3 is 10.1 Å². The fraction of sp³-hybridized carbons (Fsp3) is 0.0714. The average molecular weight is 250 g/mol. The van der Waals surface area contributed by atoms with E-state index < -0.39 is 0 Å². The Morgan fingerprint density at radius 1 is 1.21 bits per heavy atom. The van der Waals surface area contributed by atoms with Crippen LogP contribution >= 0.6 is 0 Å². The molecule has 0 amide bonds. The molecular weight excluding hydrogens is 240 g/mol. The third kappa shape index (κ3) is 3.63. The van der Waals surface area contributed by atoms with Crippen LogP contribution in [-0.4, -0.2) is 6.61 Å². The van der Waals surface area contributed by atoms with Crippen LogP contribution in [0.4, 0.5) is 5.69 Å². The standard InChI is InChI=1S/C14H10N4O/c1-2-7-19-14-6-4-3-5-12(14)18-13(10-17)11(8-15)9-16/h2-6,18H,1,7H2. The lowest BCUT2D eigenvalue weighted by atomic mass is 10.2. The predicted molar refractivity (Wildman–Crippen MR) is 69.6 cm³/mol. The normalized spacial score (nSPS) is 8.26. The highest BCUT2D eigenvalue weighted by molar-refractivity contribution is 5.64. The maximum Gasteiger partial charge on any atom is 0.163 e. The van der Waals surface area contributed by atoms with Gasteiger partial charge in [0.15, 0.2) is 5.57 Å². The molecule has 5 heteroatoms. The SMILES string of the molecule is C=CCOc1ccccc1NC(C#N)=C(C#N)C#N. The molecule has 0 bridgehead atoms. The van der Waals surface area contributed by atoms with Gasteiger partial charge in [0.1, 0.15) is 36.3 Å².